The van der Waals surface area contributed by atoms with Crippen molar-refractivity contribution in [3.8, 4) is 0 Å². The van der Waals surface area contributed by atoms with E-state index in [0.717, 1.165) is 5.56 Å². The standard InChI is InChI=1S/C17H13FN2O2/c18-12-7-5-11(6-8-12)9-20-17(22)14-10-19-15-4-2-1-3-13(15)16(14)21/h1-8,10H,9H2,(H,19,21)(H,20,22). The van der Waals surface area contributed by atoms with Crippen molar-refractivity contribution in [2.75, 3.05) is 0 Å². The van der Waals surface area contributed by atoms with Crippen LogP contribution >= 0.6 is 0 Å². The molecule has 0 unspecified atom stereocenters. The zero-order valence-electron chi connectivity index (χ0n) is 11.6. The number of pyridine rings is 1. The Morgan fingerprint density at radius 2 is 1.82 bits per heavy atom. The molecular weight excluding hydrogens is 283 g/mol. The Bertz CT molecular complexity index is 885. The lowest BCUT2D eigenvalue weighted by atomic mass is 10.1. The smallest absolute Gasteiger partial charge is 0.257 e. The zero-order chi connectivity index (χ0) is 15.5. The SMILES string of the molecule is O=C(NCc1ccc(F)cc1)c1c[nH]c2ccccc2c1=O. The normalized spacial score (nSPS) is 10.6. The minimum Gasteiger partial charge on any atom is -0.360 e. The van der Waals surface area contributed by atoms with Crippen molar-refractivity contribution in [1.29, 1.82) is 0 Å². The lowest BCUT2D eigenvalue weighted by molar-refractivity contribution is 0.0949. The molecule has 0 aliphatic carbocycles. The molecule has 0 radical (unpaired) electrons. The van der Waals surface area contributed by atoms with Gasteiger partial charge in [-0.25, -0.2) is 4.39 Å². The number of nitrogens with one attached hydrogen (secondary N) is 2. The van der Waals surface area contributed by atoms with E-state index in [1.807, 2.05) is 6.07 Å². The van der Waals surface area contributed by atoms with Gasteiger partial charge in [-0.05, 0) is 29.8 Å². The lowest BCUT2D eigenvalue weighted by Gasteiger charge is -2.06. The van der Waals surface area contributed by atoms with Crippen LogP contribution in [-0.2, 0) is 6.54 Å². The molecule has 0 saturated heterocycles. The summed E-state index contributed by atoms with van der Waals surface area (Å²) in [4.78, 5) is 27.4. The summed E-state index contributed by atoms with van der Waals surface area (Å²) < 4.78 is 12.8. The topological polar surface area (TPSA) is 62.0 Å². The number of hydrogen-bond donors (Lipinski definition) is 2. The fourth-order valence-electron chi connectivity index (χ4n) is 2.22. The van der Waals surface area contributed by atoms with Crippen molar-refractivity contribution in [1.82, 2.24) is 10.3 Å². The Hall–Kier alpha value is -2.95. The molecule has 0 fully saturated rings. The maximum absolute atomic E-state index is 12.8. The first-order valence-electron chi connectivity index (χ1n) is 6.78. The molecule has 0 spiro atoms. The Labute approximate surface area is 125 Å². The van der Waals surface area contributed by atoms with E-state index < -0.39 is 5.91 Å². The number of H-pyrrole nitrogens is 1. The van der Waals surface area contributed by atoms with E-state index in [4.69, 9.17) is 0 Å². The molecule has 0 bridgehead atoms. The summed E-state index contributed by atoms with van der Waals surface area (Å²) in [6.07, 6.45) is 1.41. The van der Waals surface area contributed by atoms with Crippen LogP contribution < -0.4 is 10.7 Å². The van der Waals surface area contributed by atoms with Crippen molar-refractivity contribution >= 4 is 16.8 Å². The molecule has 3 aromatic rings. The number of para-hydroxylation sites is 1. The van der Waals surface area contributed by atoms with Gasteiger partial charge < -0.3 is 10.3 Å². The van der Waals surface area contributed by atoms with Gasteiger partial charge in [0.25, 0.3) is 5.91 Å². The fourth-order valence-corrected chi connectivity index (χ4v) is 2.22. The Balaban J connectivity index is 1.82. The van der Waals surface area contributed by atoms with Gasteiger partial charge >= 0.3 is 0 Å². The molecule has 0 atom stereocenters. The number of carbonyl (C=O) groups is 1. The van der Waals surface area contributed by atoms with E-state index >= 15 is 0 Å². The fraction of sp³-hybridized carbons (Fsp3) is 0.0588. The van der Waals surface area contributed by atoms with Crippen molar-refractivity contribution < 1.29 is 9.18 Å². The quantitative estimate of drug-likeness (QED) is 0.780. The van der Waals surface area contributed by atoms with Gasteiger partial charge in [0.05, 0.1) is 0 Å². The van der Waals surface area contributed by atoms with Crippen LogP contribution in [0.1, 0.15) is 15.9 Å². The second-order valence-corrected chi connectivity index (χ2v) is 4.89. The van der Waals surface area contributed by atoms with Gasteiger partial charge in [0.15, 0.2) is 0 Å². The van der Waals surface area contributed by atoms with E-state index in [-0.39, 0.29) is 23.4 Å². The van der Waals surface area contributed by atoms with Crippen LogP contribution in [0.2, 0.25) is 0 Å². The molecule has 2 N–H and O–H groups in total. The molecule has 3 rings (SSSR count). The van der Waals surface area contributed by atoms with Gasteiger partial charge in [0.2, 0.25) is 5.43 Å². The van der Waals surface area contributed by atoms with Crippen molar-refractivity contribution in [3.05, 3.63) is 81.9 Å². The Morgan fingerprint density at radius 3 is 2.59 bits per heavy atom. The van der Waals surface area contributed by atoms with Gasteiger partial charge in [-0.2, -0.15) is 0 Å². The highest BCUT2D eigenvalue weighted by Crippen LogP contribution is 2.07. The van der Waals surface area contributed by atoms with E-state index in [9.17, 15) is 14.0 Å². The summed E-state index contributed by atoms with van der Waals surface area (Å²) in [5.41, 5.74) is 1.18. The van der Waals surface area contributed by atoms with Crippen molar-refractivity contribution in [2.24, 2.45) is 0 Å². The van der Waals surface area contributed by atoms with Crippen molar-refractivity contribution in [2.45, 2.75) is 6.54 Å². The third-order valence-electron chi connectivity index (χ3n) is 3.40. The minimum atomic E-state index is -0.462. The predicted molar refractivity (Wildman–Crippen MR) is 82.1 cm³/mol. The molecule has 0 aliphatic heterocycles. The first kappa shape index (κ1) is 14.0. The molecule has 5 heteroatoms. The van der Waals surface area contributed by atoms with Crippen molar-refractivity contribution in [3.63, 3.8) is 0 Å². The molecular formula is C17H13FN2O2. The van der Waals surface area contributed by atoms with Crippen LogP contribution in [0.3, 0.4) is 0 Å². The number of aromatic amines is 1. The molecule has 22 heavy (non-hydrogen) atoms. The molecule has 2 aromatic carbocycles. The average Bonchev–Trinajstić information content (AvgIpc) is 2.55. The van der Waals surface area contributed by atoms with Crippen LogP contribution in [-0.4, -0.2) is 10.9 Å². The van der Waals surface area contributed by atoms with Gasteiger partial charge in [-0.3, -0.25) is 9.59 Å². The molecule has 0 aliphatic rings. The summed E-state index contributed by atoms with van der Waals surface area (Å²) >= 11 is 0. The van der Waals surface area contributed by atoms with Crippen LogP contribution in [0.5, 0.6) is 0 Å². The maximum atomic E-state index is 12.8. The number of amides is 1. The second kappa shape index (κ2) is 5.81. The second-order valence-electron chi connectivity index (χ2n) is 4.89. The number of rotatable bonds is 3. The Kier molecular flexibility index (Phi) is 3.70. The summed E-state index contributed by atoms with van der Waals surface area (Å²) in [5.74, 6) is -0.794. The van der Waals surface area contributed by atoms with E-state index in [2.05, 4.69) is 10.3 Å². The highest BCUT2D eigenvalue weighted by Gasteiger charge is 2.12. The number of carbonyl (C=O) groups excluding carboxylic acids is 1. The molecule has 110 valence electrons. The zero-order valence-corrected chi connectivity index (χ0v) is 11.6. The van der Waals surface area contributed by atoms with Crippen LogP contribution in [0.15, 0.2) is 59.5 Å². The van der Waals surface area contributed by atoms with Gasteiger partial charge in [-0.15, -0.1) is 0 Å². The number of aromatic nitrogens is 1. The van der Waals surface area contributed by atoms with E-state index in [0.29, 0.717) is 10.9 Å². The summed E-state index contributed by atoms with van der Waals surface area (Å²) in [6.45, 7) is 0.228. The molecule has 1 aromatic heterocycles. The van der Waals surface area contributed by atoms with Gasteiger partial charge in [0.1, 0.15) is 11.4 Å². The van der Waals surface area contributed by atoms with E-state index in [1.54, 1.807) is 30.3 Å². The Morgan fingerprint density at radius 1 is 1.09 bits per heavy atom. The van der Waals surface area contributed by atoms with E-state index in [1.165, 1.54) is 18.3 Å². The van der Waals surface area contributed by atoms with Crippen LogP contribution in [0.25, 0.3) is 10.9 Å². The number of benzene rings is 2. The average molecular weight is 296 g/mol. The van der Waals surface area contributed by atoms with Crippen LogP contribution in [0, 0.1) is 5.82 Å². The molecule has 4 nitrogen and oxygen atoms in total. The number of halogens is 1. The third-order valence-corrected chi connectivity index (χ3v) is 3.40. The molecule has 1 heterocycles. The van der Waals surface area contributed by atoms with Gasteiger partial charge in [0, 0.05) is 23.6 Å². The third kappa shape index (κ3) is 2.74. The lowest BCUT2D eigenvalue weighted by Crippen LogP contribution is -2.28. The summed E-state index contributed by atoms with van der Waals surface area (Å²) in [7, 11) is 0. The first-order valence-corrected chi connectivity index (χ1v) is 6.78. The summed E-state index contributed by atoms with van der Waals surface area (Å²) in [6, 6.07) is 12.8. The highest BCUT2D eigenvalue weighted by molar-refractivity contribution is 5.97. The monoisotopic (exact) mass is 296 g/mol. The summed E-state index contributed by atoms with van der Waals surface area (Å²) in [5, 5.41) is 3.13. The molecule has 1 amide bonds. The van der Waals surface area contributed by atoms with Crippen LogP contribution in [0.4, 0.5) is 4.39 Å². The largest absolute Gasteiger partial charge is 0.360 e. The minimum absolute atomic E-state index is 0.0563. The first-order chi connectivity index (χ1) is 10.6. The number of fused-ring (bicyclic) bond motifs is 1. The maximum Gasteiger partial charge on any atom is 0.257 e. The predicted octanol–water partition coefficient (Wildman–Crippen LogP) is 2.60. The van der Waals surface area contributed by atoms with Gasteiger partial charge in [-0.1, -0.05) is 24.3 Å². The molecule has 0 saturated carbocycles. The number of hydrogen-bond acceptors (Lipinski definition) is 2. The highest BCUT2D eigenvalue weighted by atomic mass is 19.1.